The molecule has 0 bridgehead atoms. The van der Waals surface area contributed by atoms with Gasteiger partial charge in [-0.1, -0.05) is 26.8 Å². The van der Waals surface area contributed by atoms with Crippen molar-refractivity contribution in [1.29, 1.82) is 0 Å². The summed E-state index contributed by atoms with van der Waals surface area (Å²) >= 11 is 0. The summed E-state index contributed by atoms with van der Waals surface area (Å²) in [6.07, 6.45) is 0.613. The van der Waals surface area contributed by atoms with Crippen LogP contribution in [0.3, 0.4) is 0 Å². The van der Waals surface area contributed by atoms with E-state index in [-0.39, 0.29) is 0 Å². The number of aliphatic hydroxyl groups excluding tert-OH is 1. The van der Waals surface area contributed by atoms with E-state index >= 15 is 0 Å². The summed E-state index contributed by atoms with van der Waals surface area (Å²) in [5.41, 5.74) is 2.32. The van der Waals surface area contributed by atoms with Crippen molar-refractivity contribution in [1.82, 2.24) is 0 Å². The molecule has 1 aromatic carbocycles. The van der Waals surface area contributed by atoms with Gasteiger partial charge in [0, 0.05) is 0 Å². The summed E-state index contributed by atoms with van der Waals surface area (Å²) in [4.78, 5) is 0. The number of benzene rings is 1. The highest BCUT2D eigenvalue weighted by Crippen LogP contribution is 2.24. The van der Waals surface area contributed by atoms with Crippen LogP contribution in [0.1, 0.15) is 51.3 Å². The molecule has 0 saturated heterocycles. The molecule has 0 unspecified atom stereocenters. The van der Waals surface area contributed by atoms with Gasteiger partial charge in [-0.15, -0.1) is 0 Å². The van der Waals surface area contributed by atoms with Crippen LogP contribution in [0.15, 0.2) is 18.2 Å². The maximum absolute atomic E-state index is 9.48. The van der Waals surface area contributed by atoms with Gasteiger partial charge in [-0.3, -0.25) is 0 Å². The van der Waals surface area contributed by atoms with Gasteiger partial charge in [0.25, 0.3) is 0 Å². The van der Waals surface area contributed by atoms with E-state index in [0.717, 1.165) is 29.9 Å². The predicted octanol–water partition coefficient (Wildman–Crippen LogP) is 3.86. The molecule has 0 aromatic heterocycles. The first-order valence-corrected chi connectivity index (χ1v) is 6.21. The number of rotatable bonds is 4. The number of aryl methyl sites for hydroxylation is 1. The van der Waals surface area contributed by atoms with Gasteiger partial charge in [0.15, 0.2) is 0 Å². The highest BCUT2D eigenvalue weighted by molar-refractivity contribution is 5.36. The van der Waals surface area contributed by atoms with Crippen LogP contribution in [-0.4, -0.2) is 11.7 Å². The Balaban J connectivity index is 2.61. The second-order valence-electron chi connectivity index (χ2n) is 5.86. The molecule has 2 nitrogen and oxygen atoms in total. The van der Waals surface area contributed by atoms with E-state index in [2.05, 4.69) is 20.8 Å². The summed E-state index contributed by atoms with van der Waals surface area (Å²) in [7, 11) is 0. The fourth-order valence-electron chi connectivity index (χ4n) is 1.56. The molecule has 17 heavy (non-hydrogen) atoms. The largest absolute Gasteiger partial charge is 0.493 e. The van der Waals surface area contributed by atoms with Gasteiger partial charge in [0.2, 0.25) is 0 Å². The molecule has 0 aliphatic rings. The van der Waals surface area contributed by atoms with Gasteiger partial charge in [-0.25, -0.2) is 0 Å². The second-order valence-corrected chi connectivity index (χ2v) is 5.86. The Hall–Kier alpha value is -1.02. The van der Waals surface area contributed by atoms with Gasteiger partial charge in [0.05, 0.1) is 12.7 Å². The smallest absolute Gasteiger partial charge is 0.122 e. The van der Waals surface area contributed by atoms with Gasteiger partial charge < -0.3 is 9.84 Å². The Morgan fingerprint density at radius 2 is 1.94 bits per heavy atom. The average Bonchev–Trinajstić information content (AvgIpc) is 2.18. The maximum Gasteiger partial charge on any atom is 0.122 e. The molecule has 2 heteroatoms. The van der Waals surface area contributed by atoms with Crippen LogP contribution in [0.5, 0.6) is 5.75 Å². The van der Waals surface area contributed by atoms with Crippen molar-refractivity contribution in [3.63, 3.8) is 0 Å². The summed E-state index contributed by atoms with van der Waals surface area (Å²) in [6, 6.07) is 5.85. The summed E-state index contributed by atoms with van der Waals surface area (Å²) in [5.74, 6) is 0.915. The molecule has 1 aromatic rings. The van der Waals surface area contributed by atoms with E-state index in [0.29, 0.717) is 5.41 Å². The molecule has 1 N–H and O–H groups in total. The lowest BCUT2D eigenvalue weighted by Gasteiger charge is -2.19. The van der Waals surface area contributed by atoms with E-state index in [1.54, 1.807) is 6.92 Å². The minimum atomic E-state index is -0.419. The minimum absolute atomic E-state index is 0.299. The lowest BCUT2D eigenvalue weighted by atomic mass is 9.93. The highest BCUT2D eigenvalue weighted by atomic mass is 16.5. The molecular weight excluding hydrogens is 212 g/mol. The van der Waals surface area contributed by atoms with Crippen molar-refractivity contribution in [3.8, 4) is 5.75 Å². The summed E-state index contributed by atoms with van der Waals surface area (Å²) in [6.45, 7) is 11.1. The molecule has 0 spiro atoms. The molecule has 1 rings (SSSR count). The standard InChI is InChI=1S/C15H24O2/c1-11-10-13(12(2)16)6-7-14(11)17-9-8-15(3,4)5/h6-7,10,12,16H,8-9H2,1-5H3/t12-/m0/s1. The zero-order valence-corrected chi connectivity index (χ0v) is 11.6. The molecule has 0 fully saturated rings. The molecule has 0 aliphatic heterocycles. The molecule has 1 atom stereocenters. The zero-order valence-electron chi connectivity index (χ0n) is 11.6. The topological polar surface area (TPSA) is 29.5 Å². The lowest BCUT2D eigenvalue weighted by Crippen LogP contribution is -2.11. The Morgan fingerprint density at radius 1 is 1.29 bits per heavy atom. The average molecular weight is 236 g/mol. The van der Waals surface area contributed by atoms with E-state index in [1.807, 2.05) is 25.1 Å². The van der Waals surface area contributed by atoms with Gasteiger partial charge in [-0.05, 0) is 48.9 Å². The second kappa shape index (κ2) is 5.54. The monoisotopic (exact) mass is 236 g/mol. The van der Waals surface area contributed by atoms with Crippen LogP contribution in [0.25, 0.3) is 0 Å². The van der Waals surface area contributed by atoms with Crippen LogP contribution in [0.2, 0.25) is 0 Å². The van der Waals surface area contributed by atoms with E-state index < -0.39 is 6.10 Å². The third-order valence-electron chi connectivity index (χ3n) is 2.79. The van der Waals surface area contributed by atoms with Crippen molar-refractivity contribution >= 4 is 0 Å². The van der Waals surface area contributed by atoms with Crippen LogP contribution < -0.4 is 4.74 Å². The van der Waals surface area contributed by atoms with Crippen molar-refractivity contribution < 1.29 is 9.84 Å². The summed E-state index contributed by atoms with van der Waals surface area (Å²) in [5, 5.41) is 9.48. The Kier molecular flexibility index (Phi) is 4.58. The third-order valence-corrected chi connectivity index (χ3v) is 2.79. The molecule has 0 heterocycles. The molecule has 0 aliphatic carbocycles. The number of hydrogen-bond donors (Lipinski definition) is 1. The fraction of sp³-hybridized carbons (Fsp3) is 0.600. The van der Waals surface area contributed by atoms with Crippen LogP contribution >= 0.6 is 0 Å². The van der Waals surface area contributed by atoms with E-state index in [4.69, 9.17) is 4.74 Å². The molecule has 0 radical (unpaired) electrons. The Morgan fingerprint density at radius 3 is 2.41 bits per heavy atom. The van der Waals surface area contributed by atoms with Crippen molar-refractivity contribution in [2.24, 2.45) is 5.41 Å². The lowest BCUT2D eigenvalue weighted by molar-refractivity contribution is 0.199. The molecular formula is C15H24O2. The fourth-order valence-corrected chi connectivity index (χ4v) is 1.56. The minimum Gasteiger partial charge on any atom is -0.493 e. The van der Waals surface area contributed by atoms with Crippen LogP contribution in [0, 0.1) is 12.3 Å². The Bertz CT molecular complexity index is 362. The van der Waals surface area contributed by atoms with Crippen molar-refractivity contribution in [2.75, 3.05) is 6.61 Å². The number of ether oxygens (including phenoxy) is 1. The maximum atomic E-state index is 9.48. The third kappa shape index (κ3) is 4.78. The quantitative estimate of drug-likeness (QED) is 0.860. The number of hydrogen-bond acceptors (Lipinski definition) is 2. The van der Waals surface area contributed by atoms with Crippen molar-refractivity contribution in [3.05, 3.63) is 29.3 Å². The molecule has 0 saturated carbocycles. The Labute approximate surface area is 105 Å². The highest BCUT2D eigenvalue weighted by Gasteiger charge is 2.11. The zero-order chi connectivity index (χ0) is 13.1. The van der Waals surface area contributed by atoms with Crippen molar-refractivity contribution in [2.45, 2.75) is 47.1 Å². The van der Waals surface area contributed by atoms with E-state index in [9.17, 15) is 5.11 Å². The first kappa shape index (κ1) is 14.0. The molecule has 0 amide bonds. The first-order chi connectivity index (χ1) is 7.79. The first-order valence-electron chi connectivity index (χ1n) is 6.21. The van der Waals surface area contributed by atoms with Gasteiger partial charge >= 0.3 is 0 Å². The normalized spacial score (nSPS) is 13.5. The van der Waals surface area contributed by atoms with Crippen LogP contribution in [-0.2, 0) is 0 Å². The van der Waals surface area contributed by atoms with Crippen LogP contribution in [0.4, 0.5) is 0 Å². The predicted molar refractivity (Wildman–Crippen MR) is 71.4 cm³/mol. The number of aliphatic hydroxyl groups is 1. The SMILES string of the molecule is Cc1cc([C@H](C)O)ccc1OCCC(C)(C)C. The molecule has 96 valence electrons. The van der Waals surface area contributed by atoms with Gasteiger partial charge in [-0.2, -0.15) is 0 Å². The van der Waals surface area contributed by atoms with E-state index in [1.165, 1.54) is 0 Å². The van der Waals surface area contributed by atoms with Gasteiger partial charge in [0.1, 0.15) is 5.75 Å². The summed E-state index contributed by atoms with van der Waals surface area (Å²) < 4.78 is 5.77.